The van der Waals surface area contributed by atoms with E-state index in [-0.39, 0.29) is 5.97 Å². The third-order valence-electron chi connectivity index (χ3n) is 4.24. The number of rotatable bonds is 4. The van der Waals surface area contributed by atoms with Gasteiger partial charge in [-0.3, -0.25) is 0 Å². The summed E-state index contributed by atoms with van der Waals surface area (Å²) in [4.78, 5) is 11.6. The second-order valence-electron chi connectivity index (χ2n) is 5.26. The number of esters is 1. The summed E-state index contributed by atoms with van der Waals surface area (Å²) in [6.07, 6.45) is 6.78. The van der Waals surface area contributed by atoms with Crippen LogP contribution in [-0.4, -0.2) is 28.1 Å². The number of methoxy groups -OCH3 is 1. The number of carbonyl (C=O) groups excluding carboxylic acids is 1. The van der Waals surface area contributed by atoms with Crippen molar-refractivity contribution in [2.75, 3.05) is 7.11 Å². The maximum atomic E-state index is 11.6. The number of carbonyl (C=O) groups is 1. The molecule has 1 saturated carbocycles. The Hall–Kier alpha value is -1.39. The van der Waals surface area contributed by atoms with Crippen LogP contribution in [0.15, 0.2) is 0 Å². The van der Waals surface area contributed by atoms with E-state index in [4.69, 9.17) is 4.74 Å². The topological polar surface area (TPSA) is 57.0 Å². The molecule has 0 N–H and O–H groups in total. The average molecular weight is 265 g/mol. The summed E-state index contributed by atoms with van der Waals surface area (Å²) in [5.41, 5.74) is 1.29. The average Bonchev–Trinajstić information content (AvgIpc) is 2.90. The molecule has 0 saturated heterocycles. The number of hydrogen-bond acceptors (Lipinski definition) is 4. The van der Waals surface area contributed by atoms with E-state index in [1.54, 1.807) is 0 Å². The molecule has 0 bridgehead atoms. The summed E-state index contributed by atoms with van der Waals surface area (Å²) in [5.74, 6) is 0.468. The molecule has 0 unspecified atom stereocenters. The molecule has 1 aromatic rings. The third kappa shape index (κ3) is 2.80. The third-order valence-corrected chi connectivity index (χ3v) is 4.24. The van der Waals surface area contributed by atoms with Crippen molar-refractivity contribution in [2.45, 2.75) is 58.4 Å². The molecule has 0 aromatic carbocycles. The molecule has 0 spiro atoms. The lowest BCUT2D eigenvalue weighted by atomic mass is 9.84. The lowest BCUT2D eigenvalue weighted by Crippen LogP contribution is -2.21. The van der Waals surface area contributed by atoms with Crippen LogP contribution in [0, 0.1) is 5.92 Å². The van der Waals surface area contributed by atoms with Gasteiger partial charge < -0.3 is 4.74 Å². The summed E-state index contributed by atoms with van der Waals surface area (Å²) >= 11 is 0. The van der Waals surface area contributed by atoms with Gasteiger partial charge in [0.2, 0.25) is 0 Å². The smallest absolute Gasteiger partial charge is 0.360 e. The van der Waals surface area contributed by atoms with Crippen LogP contribution in [0.4, 0.5) is 0 Å². The Bertz CT molecular complexity index is 434. The molecule has 1 fully saturated rings. The molecule has 1 aliphatic carbocycles. The van der Waals surface area contributed by atoms with Gasteiger partial charge in [-0.05, 0) is 38.0 Å². The summed E-state index contributed by atoms with van der Waals surface area (Å²) in [6, 6.07) is 0.392. The van der Waals surface area contributed by atoms with E-state index < -0.39 is 0 Å². The predicted molar refractivity (Wildman–Crippen MR) is 72.0 cm³/mol. The van der Waals surface area contributed by atoms with Gasteiger partial charge in [0, 0.05) is 0 Å². The number of aromatic nitrogens is 3. The molecule has 0 atom stereocenters. The molecule has 0 radical (unpaired) electrons. The molecule has 0 aliphatic heterocycles. The number of ether oxygens (including phenoxy) is 1. The minimum atomic E-state index is -0.384. The maximum absolute atomic E-state index is 11.6. The zero-order valence-electron chi connectivity index (χ0n) is 12.1. The van der Waals surface area contributed by atoms with Gasteiger partial charge in [0.15, 0.2) is 5.69 Å². The van der Waals surface area contributed by atoms with Gasteiger partial charge in [-0.2, -0.15) is 0 Å². The van der Waals surface area contributed by atoms with E-state index >= 15 is 0 Å². The molecule has 1 aliphatic rings. The highest BCUT2D eigenvalue weighted by molar-refractivity contribution is 5.88. The van der Waals surface area contributed by atoms with Gasteiger partial charge in [0.25, 0.3) is 0 Å². The predicted octanol–water partition coefficient (Wildman–Crippen LogP) is 2.77. The Labute approximate surface area is 114 Å². The van der Waals surface area contributed by atoms with Crippen molar-refractivity contribution in [1.82, 2.24) is 15.0 Å². The van der Waals surface area contributed by atoms with Gasteiger partial charge >= 0.3 is 5.97 Å². The van der Waals surface area contributed by atoms with Crippen LogP contribution < -0.4 is 0 Å². The highest BCUT2D eigenvalue weighted by Gasteiger charge is 2.27. The van der Waals surface area contributed by atoms with Crippen molar-refractivity contribution in [3.63, 3.8) is 0 Å². The lowest BCUT2D eigenvalue weighted by Gasteiger charge is -2.28. The van der Waals surface area contributed by atoms with Gasteiger partial charge in [-0.25, -0.2) is 9.48 Å². The monoisotopic (exact) mass is 265 g/mol. The first-order chi connectivity index (χ1) is 9.21. The van der Waals surface area contributed by atoms with Crippen molar-refractivity contribution >= 4 is 5.97 Å². The molecule has 1 heterocycles. The fourth-order valence-corrected chi connectivity index (χ4v) is 2.99. The van der Waals surface area contributed by atoms with Crippen LogP contribution in [0.1, 0.15) is 68.2 Å². The van der Waals surface area contributed by atoms with Crippen molar-refractivity contribution in [3.05, 3.63) is 11.4 Å². The Morgan fingerprint density at radius 1 is 1.32 bits per heavy atom. The number of hydrogen-bond donors (Lipinski definition) is 0. The van der Waals surface area contributed by atoms with Crippen molar-refractivity contribution < 1.29 is 9.53 Å². The highest BCUT2D eigenvalue weighted by atomic mass is 16.5. The molecule has 1 aromatic heterocycles. The quantitative estimate of drug-likeness (QED) is 0.785. The standard InChI is InChI=1S/C14H23N3O2/c1-4-10-6-8-11(9-7-10)17-12(5-2)13(15-16-17)14(18)19-3/h10-11H,4-9H2,1-3H3. The maximum Gasteiger partial charge on any atom is 0.360 e. The van der Waals surface area contributed by atoms with Crippen molar-refractivity contribution in [1.29, 1.82) is 0 Å². The summed E-state index contributed by atoms with van der Waals surface area (Å²) in [6.45, 7) is 4.28. The molecular formula is C14H23N3O2. The van der Waals surface area contributed by atoms with E-state index in [1.165, 1.54) is 26.4 Å². The van der Waals surface area contributed by atoms with Gasteiger partial charge in [-0.15, -0.1) is 5.10 Å². The van der Waals surface area contributed by atoms with E-state index in [9.17, 15) is 4.79 Å². The Morgan fingerprint density at radius 2 is 2.00 bits per heavy atom. The van der Waals surface area contributed by atoms with Gasteiger partial charge in [0.1, 0.15) is 0 Å². The minimum Gasteiger partial charge on any atom is -0.464 e. The van der Waals surface area contributed by atoms with Crippen LogP contribution in [0.3, 0.4) is 0 Å². The molecule has 106 valence electrons. The first kappa shape index (κ1) is 14.0. The summed E-state index contributed by atoms with van der Waals surface area (Å²) in [5, 5.41) is 8.21. The van der Waals surface area contributed by atoms with Crippen LogP contribution in [0.5, 0.6) is 0 Å². The largest absolute Gasteiger partial charge is 0.464 e. The summed E-state index contributed by atoms with van der Waals surface area (Å²) in [7, 11) is 1.38. The molecule has 2 rings (SSSR count). The normalized spacial score (nSPS) is 23.3. The van der Waals surface area contributed by atoms with Crippen LogP contribution in [-0.2, 0) is 11.2 Å². The molecule has 19 heavy (non-hydrogen) atoms. The van der Waals surface area contributed by atoms with Gasteiger partial charge in [-0.1, -0.05) is 25.5 Å². The van der Waals surface area contributed by atoms with Crippen molar-refractivity contribution in [2.24, 2.45) is 5.92 Å². The first-order valence-electron chi connectivity index (χ1n) is 7.23. The second kappa shape index (κ2) is 6.17. The summed E-state index contributed by atoms with van der Waals surface area (Å²) < 4.78 is 6.72. The lowest BCUT2D eigenvalue weighted by molar-refractivity contribution is 0.0592. The van der Waals surface area contributed by atoms with E-state index in [0.29, 0.717) is 11.7 Å². The Balaban J connectivity index is 2.17. The fraction of sp³-hybridized carbons (Fsp3) is 0.786. The first-order valence-corrected chi connectivity index (χ1v) is 7.23. The fourth-order valence-electron chi connectivity index (χ4n) is 2.99. The highest BCUT2D eigenvalue weighted by Crippen LogP contribution is 2.34. The second-order valence-corrected chi connectivity index (χ2v) is 5.26. The van der Waals surface area contributed by atoms with Crippen molar-refractivity contribution in [3.8, 4) is 0 Å². The SMILES string of the molecule is CCc1c(C(=O)OC)nnn1C1CCC(CC)CC1. The Kier molecular flexibility index (Phi) is 4.56. The minimum absolute atomic E-state index is 0.377. The van der Waals surface area contributed by atoms with Crippen LogP contribution in [0.25, 0.3) is 0 Å². The molecule has 5 heteroatoms. The molecular weight excluding hydrogens is 242 g/mol. The van der Waals surface area contributed by atoms with E-state index in [1.807, 2.05) is 11.6 Å². The van der Waals surface area contributed by atoms with E-state index in [0.717, 1.165) is 30.9 Å². The zero-order valence-corrected chi connectivity index (χ0v) is 12.1. The molecule has 0 amide bonds. The molecule has 5 nitrogen and oxygen atoms in total. The number of nitrogens with zero attached hydrogens (tertiary/aromatic N) is 3. The van der Waals surface area contributed by atoms with Gasteiger partial charge in [0.05, 0.1) is 18.8 Å². The van der Waals surface area contributed by atoms with Crippen LogP contribution >= 0.6 is 0 Å². The van der Waals surface area contributed by atoms with Crippen LogP contribution in [0.2, 0.25) is 0 Å². The Morgan fingerprint density at radius 3 is 2.53 bits per heavy atom. The van der Waals surface area contributed by atoms with E-state index in [2.05, 4.69) is 17.2 Å². The zero-order chi connectivity index (χ0) is 13.8.